The number of carbonyl (C=O) groups is 2. The molecule has 0 radical (unpaired) electrons. The molecule has 0 spiro atoms. The summed E-state index contributed by atoms with van der Waals surface area (Å²) in [4.78, 5) is 27.7. The summed E-state index contributed by atoms with van der Waals surface area (Å²) in [7, 11) is 0. The summed E-state index contributed by atoms with van der Waals surface area (Å²) in [6.45, 7) is 6.68. The Labute approximate surface area is 206 Å². The Bertz CT molecular complexity index is 1010. The summed E-state index contributed by atoms with van der Waals surface area (Å²) in [5.41, 5.74) is -0.556. The molecule has 0 aromatic heterocycles. The maximum absolute atomic E-state index is 12.2. The van der Waals surface area contributed by atoms with Crippen LogP contribution >= 0.6 is 0 Å². The molecule has 2 aliphatic rings. The van der Waals surface area contributed by atoms with Crippen LogP contribution in [0.5, 0.6) is 11.5 Å². The Morgan fingerprint density at radius 3 is 2.40 bits per heavy atom. The molecule has 1 atom stereocenters. The van der Waals surface area contributed by atoms with Crippen molar-refractivity contribution in [2.75, 3.05) is 32.8 Å². The van der Waals surface area contributed by atoms with E-state index in [0.717, 1.165) is 43.0 Å². The fourth-order valence-electron chi connectivity index (χ4n) is 4.58. The predicted molar refractivity (Wildman–Crippen MR) is 132 cm³/mol. The van der Waals surface area contributed by atoms with Crippen LogP contribution in [0.15, 0.2) is 54.6 Å². The van der Waals surface area contributed by atoms with E-state index >= 15 is 0 Å². The van der Waals surface area contributed by atoms with Gasteiger partial charge < -0.3 is 19.9 Å². The van der Waals surface area contributed by atoms with E-state index in [0.29, 0.717) is 26.1 Å². The highest BCUT2D eigenvalue weighted by atomic mass is 16.5. The van der Waals surface area contributed by atoms with Crippen molar-refractivity contribution in [1.82, 2.24) is 15.1 Å². The van der Waals surface area contributed by atoms with Crippen molar-refractivity contribution in [1.29, 1.82) is 0 Å². The number of urea groups is 1. The van der Waals surface area contributed by atoms with Gasteiger partial charge >= 0.3 is 6.03 Å². The molecule has 2 heterocycles. The average molecular weight is 482 g/mol. The number of likely N-dealkylation sites (tertiary alicyclic amines) is 1. The molecular weight excluding hydrogens is 446 g/mol. The zero-order valence-corrected chi connectivity index (χ0v) is 20.5. The molecule has 8 nitrogen and oxygen atoms in total. The SMILES string of the molecule is CC1(C)NC(=O)N(CCCOc2ccc(CN3CCC[C@](O)(COc4ccccc4)C3)cc2)C1=O. The lowest BCUT2D eigenvalue weighted by molar-refractivity contribution is -0.130. The number of imide groups is 1. The van der Waals surface area contributed by atoms with Crippen molar-refractivity contribution < 1.29 is 24.2 Å². The lowest BCUT2D eigenvalue weighted by atomic mass is 9.93. The van der Waals surface area contributed by atoms with Crippen molar-refractivity contribution in [3.05, 3.63) is 60.2 Å². The highest BCUT2D eigenvalue weighted by Gasteiger charge is 2.43. The lowest BCUT2D eigenvalue weighted by Gasteiger charge is -2.39. The highest BCUT2D eigenvalue weighted by Crippen LogP contribution is 2.25. The minimum absolute atomic E-state index is 0.205. The van der Waals surface area contributed by atoms with Gasteiger partial charge in [0.2, 0.25) is 0 Å². The molecule has 0 unspecified atom stereocenters. The van der Waals surface area contributed by atoms with Crippen molar-refractivity contribution >= 4 is 11.9 Å². The molecule has 0 bridgehead atoms. The van der Waals surface area contributed by atoms with Crippen LogP contribution in [0, 0.1) is 0 Å². The van der Waals surface area contributed by atoms with Gasteiger partial charge in [0, 0.05) is 19.6 Å². The molecule has 2 fully saturated rings. The Morgan fingerprint density at radius 2 is 1.71 bits per heavy atom. The standard InChI is InChI=1S/C27H35N3O5/c1-26(2)24(31)30(25(32)28-26)16-7-17-34-23-12-10-21(11-13-23)18-29-15-6-14-27(33,19-29)20-35-22-8-4-3-5-9-22/h3-5,8-13,33H,6-7,14-20H2,1-2H3,(H,28,32)/t27-/m1/s1. The van der Waals surface area contributed by atoms with Crippen LogP contribution in [0.3, 0.4) is 0 Å². The van der Waals surface area contributed by atoms with E-state index in [1.54, 1.807) is 13.8 Å². The van der Waals surface area contributed by atoms with E-state index in [1.807, 2.05) is 54.6 Å². The maximum atomic E-state index is 12.2. The Morgan fingerprint density at radius 1 is 1.00 bits per heavy atom. The third-order valence-electron chi connectivity index (χ3n) is 6.45. The summed E-state index contributed by atoms with van der Waals surface area (Å²) in [6.07, 6.45) is 2.21. The number of hydrogen-bond acceptors (Lipinski definition) is 6. The Kier molecular flexibility index (Phi) is 7.62. The number of benzene rings is 2. The monoisotopic (exact) mass is 481 g/mol. The molecule has 0 aliphatic carbocycles. The molecule has 2 N–H and O–H groups in total. The number of hydrogen-bond donors (Lipinski definition) is 2. The first-order valence-corrected chi connectivity index (χ1v) is 12.2. The van der Waals surface area contributed by atoms with E-state index < -0.39 is 11.1 Å². The smallest absolute Gasteiger partial charge is 0.325 e. The average Bonchev–Trinajstić information content (AvgIpc) is 3.03. The molecule has 0 saturated carbocycles. The molecule has 3 amide bonds. The van der Waals surface area contributed by atoms with Gasteiger partial charge in [-0.15, -0.1) is 0 Å². The fourth-order valence-corrected chi connectivity index (χ4v) is 4.58. The van der Waals surface area contributed by atoms with Gasteiger partial charge in [-0.2, -0.15) is 0 Å². The molecule has 2 aromatic carbocycles. The van der Waals surface area contributed by atoms with Gasteiger partial charge in [-0.05, 0) is 69.5 Å². The first-order valence-electron chi connectivity index (χ1n) is 12.2. The number of para-hydroxylation sites is 1. The van der Waals surface area contributed by atoms with Gasteiger partial charge in [-0.3, -0.25) is 14.6 Å². The fraction of sp³-hybridized carbons (Fsp3) is 0.481. The van der Waals surface area contributed by atoms with Crippen molar-refractivity contribution in [3.8, 4) is 11.5 Å². The topological polar surface area (TPSA) is 91.3 Å². The third-order valence-corrected chi connectivity index (χ3v) is 6.45. The minimum atomic E-state index is -0.861. The molecule has 2 aromatic rings. The number of aliphatic hydroxyl groups is 1. The highest BCUT2D eigenvalue weighted by molar-refractivity contribution is 6.06. The molecule has 188 valence electrons. The number of nitrogens with zero attached hydrogens (tertiary/aromatic N) is 2. The van der Waals surface area contributed by atoms with Gasteiger partial charge in [-0.25, -0.2) is 4.79 Å². The second-order valence-corrected chi connectivity index (χ2v) is 10.00. The van der Waals surface area contributed by atoms with Crippen molar-refractivity contribution in [2.45, 2.75) is 50.8 Å². The van der Waals surface area contributed by atoms with E-state index in [1.165, 1.54) is 4.90 Å². The van der Waals surface area contributed by atoms with Gasteiger partial charge in [-0.1, -0.05) is 30.3 Å². The number of ether oxygens (including phenoxy) is 2. The van der Waals surface area contributed by atoms with Crippen LogP contribution in [0.25, 0.3) is 0 Å². The summed E-state index contributed by atoms with van der Waals surface area (Å²) in [5, 5.41) is 13.7. The summed E-state index contributed by atoms with van der Waals surface area (Å²) < 4.78 is 11.6. The molecule has 8 heteroatoms. The predicted octanol–water partition coefficient (Wildman–Crippen LogP) is 3.19. The first kappa shape index (κ1) is 25.0. The van der Waals surface area contributed by atoms with Gasteiger partial charge in [0.15, 0.2) is 0 Å². The quantitative estimate of drug-likeness (QED) is 0.400. The van der Waals surface area contributed by atoms with E-state index in [9.17, 15) is 14.7 Å². The van der Waals surface area contributed by atoms with Crippen LogP contribution < -0.4 is 14.8 Å². The lowest BCUT2D eigenvalue weighted by Crippen LogP contribution is -2.51. The van der Waals surface area contributed by atoms with Crippen LogP contribution in [0.2, 0.25) is 0 Å². The third kappa shape index (κ3) is 6.52. The number of β-amino-alcohol motifs (C(OH)–C–C–N with tert-alkyl or cyclic N) is 1. The molecular formula is C27H35N3O5. The number of amides is 3. The second kappa shape index (κ2) is 10.7. The molecule has 35 heavy (non-hydrogen) atoms. The van der Waals surface area contributed by atoms with Crippen LogP contribution in [-0.4, -0.2) is 70.8 Å². The zero-order valence-electron chi connectivity index (χ0n) is 20.5. The van der Waals surface area contributed by atoms with Crippen molar-refractivity contribution in [3.63, 3.8) is 0 Å². The summed E-state index contributed by atoms with van der Waals surface area (Å²) >= 11 is 0. The molecule has 2 saturated heterocycles. The van der Waals surface area contributed by atoms with Crippen LogP contribution in [-0.2, 0) is 11.3 Å². The number of rotatable bonds is 10. The van der Waals surface area contributed by atoms with E-state index in [4.69, 9.17) is 9.47 Å². The van der Waals surface area contributed by atoms with E-state index in [-0.39, 0.29) is 18.5 Å². The van der Waals surface area contributed by atoms with Crippen LogP contribution in [0.4, 0.5) is 4.79 Å². The number of piperidine rings is 1. The van der Waals surface area contributed by atoms with Crippen molar-refractivity contribution in [2.24, 2.45) is 0 Å². The second-order valence-electron chi connectivity index (χ2n) is 10.00. The summed E-state index contributed by atoms with van der Waals surface area (Å²) in [5.74, 6) is 1.31. The summed E-state index contributed by atoms with van der Waals surface area (Å²) in [6, 6.07) is 17.2. The van der Waals surface area contributed by atoms with Gasteiger partial charge in [0.25, 0.3) is 5.91 Å². The molecule has 2 aliphatic heterocycles. The van der Waals surface area contributed by atoms with Gasteiger partial charge in [0.1, 0.15) is 29.2 Å². The number of nitrogens with one attached hydrogen (secondary N) is 1. The van der Waals surface area contributed by atoms with Crippen LogP contribution in [0.1, 0.15) is 38.7 Å². The minimum Gasteiger partial charge on any atom is -0.494 e. The normalized spacial score (nSPS) is 22.2. The van der Waals surface area contributed by atoms with Gasteiger partial charge in [0.05, 0.1) is 6.61 Å². The number of carbonyl (C=O) groups excluding carboxylic acids is 2. The zero-order chi connectivity index (χ0) is 24.9. The Balaban J connectivity index is 1.20. The first-order chi connectivity index (χ1) is 16.7. The Hall–Kier alpha value is -3.10. The molecule has 4 rings (SSSR count). The van der Waals surface area contributed by atoms with E-state index in [2.05, 4.69) is 10.2 Å². The largest absolute Gasteiger partial charge is 0.494 e. The maximum Gasteiger partial charge on any atom is 0.325 e.